The van der Waals surface area contributed by atoms with Crippen molar-refractivity contribution >= 4 is 167 Å². The Morgan fingerprint density at radius 2 is 0.863 bits per heavy atom. The molecule has 0 amide bonds. The van der Waals surface area contributed by atoms with Gasteiger partial charge in [-0.3, -0.25) is 29.4 Å². The van der Waals surface area contributed by atoms with Gasteiger partial charge < -0.3 is 14.2 Å². The van der Waals surface area contributed by atoms with E-state index in [-0.39, 0.29) is 49.8 Å². The molecule has 2 aliphatic heterocycles. The Balaban J connectivity index is 0.000000136. The Morgan fingerprint density at radius 1 is 0.463 bits per heavy atom. The highest BCUT2D eigenvalue weighted by molar-refractivity contribution is 9.10. The van der Waals surface area contributed by atoms with Crippen molar-refractivity contribution in [3.05, 3.63) is 236 Å². The van der Waals surface area contributed by atoms with Crippen molar-refractivity contribution < 1.29 is 34.9 Å². The fraction of sp³-hybridized carbons (Fsp3) is 0.159. The smallest absolute Gasteiger partial charge is 0.399 e. The highest BCUT2D eigenvalue weighted by Gasteiger charge is 2.51. The van der Waals surface area contributed by atoms with Crippen molar-refractivity contribution in [3.8, 4) is 22.3 Å². The molecule has 2 fully saturated rings. The van der Waals surface area contributed by atoms with Crippen molar-refractivity contribution in [1.82, 2.24) is 29.9 Å². The molecule has 2 saturated heterocycles. The van der Waals surface area contributed by atoms with Crippen molar-refractivity contribution in [2.75, 3.05) is 27.4 Å². The standard InChI is InChI=1S/C25H22ClFN4O2S.C20H12Cl2FN3O2S.C15H17BClNO2.C9H5BrClN/c26-25-23(30-34(32,33)20-7-5-19(27)6-8-20)15-18(16-29-25)17-4-9-22-21(14-17)24(10-11-28-22)31-12-2-1-3-13-31;21-17-7-8-24-18-6-1-12(9-16(17)18)13-10-19(20(22)25-11-13)26-29(27,28)15-4-2-14(23)3-5-15;1-14(2)15(3,4)20-16(19-14)10-5-6-13-11(9-10)12(17)7-8-18-13;10-6-1-2-9-7(5-6)8(11)3-4-12-9/h4-11,14-16,30H,1-3,12-13H2;1-11,26H;5-9H,1-4H3;1-5H. The second-order valence-electron chi connectivity index (χ2n) is 23.0. The molecule has 2 N–H and O–H groups in total. The van der Waals surface area contributed by atoms with Gasteiger partial charge in [0.15, 0.2) is 10.3 Å². The van der Waals surface area contributed by atoms with Crippen LogP contribution in [-0.2, 0) is 29.4 Å². The molecule has 0 saturated carbocycles. The van der Waals surface area contributed by atoms with E-state index in [1.165, 1.54) is 49.7 Å². The molecule has 0 aliphatic carbocycles. The molecule has 6 aromatic carbocycles. The SMILES string of the molecule is CC1(C)OB(c2ccc3nccc(Cl)c3c2)OC1(C)C.Clc1ccnc2ccc(Br)cc12.O=S(=O)(Nc1cc(-c2ccc3nccc(Cl)c3c2)cnc1Cl)c1ccc(F)cc1.O=S(=O)(Nc1cc(-c2ccc3nccc(N4CCCCC4)c3c2)cnc1Cl)c1ccc(F)cc1. The first-order valence-electron chi connectivity index (χ1n) is 29.5. The highest BCUT2D eigenvalue weighted by atomic mass is 79.9. The Kier molecular flexibility index (Phi) is 20.9. The van der Waals surface area contributed by atoms with Gasteiger partial charge in [0.1, 0.15) is 11.6 Å². The fourth-order valence-corrected chi connectivity index (χ4v) is 13.9. The monoisotopic (exact) mass is 1470 g/mol. The quantitative estimate of drug-likeness (QED) is 0.0972. The van der Waals surface area contributed by atoms with Crippen LogP contribution in [0.25, 0.3) is 65.9 Å². The summed E-state index contributed by atoms with van der Waals surface area (Å²) in [4.78, 5) is 27.7. The number of aromatic nitrogens is 6. The number of rotatable bonds is 10. The lowest BCUT2D eigenvalue weighted by Crippen LogP contribution is -2.41. The summed E-state index contributed by atoms with van der Waals surface area (Å²) in [6.45, 7) is 10.2. The number of hydrogen-bond donors (Lipinski definition) is 2. The minimum atomic E-state index is -3.97. The first-order valence-corrected chi connectivity index (χ1v) is 35.1. The molecule has 0 spiro atoms. The van der Waals surface area contributed by atoms with Gasteiger partial charge in [-0.2, -0.15) is 0 Å². The van der Waals surface area contributed by atoms with E-state index in [1.54, 1.807) is 55.1 Å². The maximum atomic E-state index is 13.2. The van der Waals surface area contributed by atoms with Gasteiger partial charge in [0, 0.05) is 93.1 Å². The number of pyridine rings is 6. The summed E-state index contributed by atoms with van der Waals surface area (Å²) in [5, 5.41) is 5.67. The number of halogens is 8. The van der Waals surface area contributed by atoms with Gasteiger partial charge in [-0.25, -0.2) is 35.6 Å². The van der Waals surface area contributed by atoms with Crippen LogP contribution >= 0.6 is 73.9 Å². The molecule has 95 heavy (non-hydrogen) atoms. The molecule has 26 heteroatoms. The average Bonchev–Trinajstić information content (AvgIpc) is 1.74. The molecule has 12 aromatic rings. The molecule has 0 unspecified atom stereocenters. The van der Waals surface area contributed by atoms with E-state index < -0.39 is 31.7 Å². The molecule has 14 rings (SSSR count). The molecule has 6 aromatic heterocycles. The Bertz CT molecular complexity index is 5080. The van der Waals surface area contributed by atoms with Crippen LogP contribution < -0.4 is 19.8 Å². The Hall–Kier alpha value is -7.67. The van der Waals surface area contributed by atoms with Crippen LogP contribution in [0.3, 0.4) is 0 Å². The minimum absolute atomic E-state index is 0.0140. The molecule has 484 valence electrons. The Labute approximate surface area is 581 Å². The first-order chi connectivity index (χ1) is 45.3. The summed E-state index contributed by atoms with van der Waals surface area (Å²) in [7, 11) is -8.30. The zero-order chi connectivity index (χ0) is 67.4. The predicted molar refractivity (Wildman–Crippen MR) is 382 cm³/mol. The summed E-state index contributed by atoms with van der Waals surface area (Å²) in [6.07, 6.45) is 13.6. The molecule has 8 heterocycles. The normalized spacial score (nSPS) is 14.3. The van der Waals surface area contributed by atoms with Crippen molar-refractivity contribution in [2.24, 2.45) is 0 Å². The third-order valence-electron chi connectivity index (χ3n) is 16.1. The summed E-state index contributed by atoms with van der Waals surface area (Å²) in [6, 6.07) is 42.8. The second-order valence-corrected chi connectivity index (χ2v) is 29.2. The number of piperidine rings is 1. The summed E-state index contributed by atoms with van der Waals surface area (Å²) in [5.74, 6) is -1.05. The van der Waals surface area contributed by atoms with Gasteiger partial charge in [0.2, 0.25) is 0 Å². The van der Waals surface area contributed by atoms with E-state index in [9.17, 15) is 25.6 Å². The third-order valence-corrected chi connectivity index (χ3v) is 20.9. The Morgan fingerprint density at radius 3 is 1.34 bits per heavy atom. The molecule has 2 aliphatic rings. The van der Waals surface area contributed by atoms with Gasteiger partial charge in [0.05, 0.1) is 69.5 Å². The van der Waals surface area contributed by atoms with Gasteiger partial charge in [-0.05, 0) is 197 Å². The van der Waals surface area contributed by atoms with Crippen LogP contribution in [0.5, 0.6) is 0 Å². The van der Waals surface area contributed by atoms with Crippen LogP contribution in [-0.4, -0.2) is 78.1 Å². The molecule has 0 bridgehead atoms. The predicted octanol–water partition coefficient (Wildman–Crippen LogP) is 18.3. The topological polar surface area (TPSA) is 191 Å². The van der Waals surface area contributed by atoms with Gasteiger partial charge in [-0.15, -0.1) is 0 Å². The maximum absolute atomic E-state index is 13.2. The number of benzene rings is 6. The lowest BCUT2D eigenvalue weighted by Gasteiger charge is -2.32. The number of sulfonamides is 2. The lowest BCUT2D eigenvalue weighted by atomic mass is 9.78. The first kappa shape index (κ1) is 68.7. The fourth-order valence-electron chi connectivity index (χ4n) is 10.3. The van der Waals surface area contributed by atoms with Crippen LogP contribution in [0, 0.1) is 11.6 Å². The summed E-state index contributed by atoms with van der Waals surface area (Å²) in [5.41, 5.74) is 8.06. The maximum Gasteiger partial charge on any atom is 0.494 e. The molecule has 0 radical (unpaired) electrons. The molecule has 15 nitrogen and oxygen atoms in total. The van der Waals surface area contributed by atoms with Gasteiger partial charge >= 0.3 is 7.12 Å². The van der Waals surface area contributed by atoms with Crippen molar-refractivity contribution in [1.29, 1.82) is 0 Å². The van der Waals surface area contributed by atoms with Crippen molar-refractivity contribution in [3.63, 3.8) is 0 Å². The zero-order valence-electron chi connectivity index (χ0n) is 51.0. The summed E-state index contributed by atoms with van der Waals surface area (Å²) < 4.78 is 95.0. The van der Waals surface area contributed by atoms with E-state index in [1.807, 2.05) is 107 Å². The average molecular weight is 1480 g/mol. The van der Waals surface area contributed by atoms with E-state index in [4.69, 9.17) is 67.3 Å². The van der Waals surface area contributed by atoms with E-state index in [2.05, 4.69) is 66.2 Å². The lowest BCUT2D eigenvalue weighted by molar-refractivity contribution is 0.00578. The minimum Gasteiger partial charge on any atom is -0.399 e. The number of fused-ring (bicyclic) bond motifs is 4. The largest absolute Gasteiger partial charge is 0.494 e. The van der Waals surface area contributed by atoms with Crippen LogP contribution in [0.15, 0.2) is 209 Å². The number of nitrogens with zero attached hydrogens (tertiary/aromatic N) is 7. The zero-order valence-corrected chi connectivity index (χ0v) is 58.0. The number of hydrogen-bond acceptors (Lipinski definition) is 13. The molecule has 0 atom stereocenters. The van der Waals surface area contributed by atoms with E-state index in [0.717, 1.165) is 113 Å². The van der Waals surface area contributed by atoms with Crippen LogP contribution in [0.1, 0.15) is 47.0 Å². The second kappa shape index (κ2) is 29.0. The van der Waals surface area contributed by atoms with E-state index in [0.29, 0.717) is 21.2 Å². The third kappa shape index (κ3) is 16.1. The van der Waals surface area contributed by atoms with Crippen LogP contribution in [0.2, 0.25) is 25.4 Å². The van der Waals surface area contributed by atoms with Crippen LogP contribution in [0.4, 0.5) is 25.8 Å². The van der Waals surface area contributed by atoms with Crippen molar-refractivity contribution in [2.45, 2.75) is 68.0 Å². The van der Waals surface area contributed by atoms with E-state index >= 15 is 0 Å². The molecular formula is C69H56BBrCl5F2N9O6S2. The highest BCUT2D eigenvalue weighted by Crippen LogP contribution is 2.39. The number of nitrogens with one attached hydrogen (secondary N) is 2. The van der Waals surface area contributed by atoms with Gasteiger partial charge in [-0.1, -0.05) is 98.2 Å². The van der Waals surface area contributed by atoms with Gasteiger partial charge in [0.25, 0.3) is 20.0 Å². The number of anilines is 3. The molecular weight excluding hydrogens is 1420 g/mol. The summed E-state index contributed by atoms with van der Waals surface area (Å²) >= 11 is 34.1.